The van der Waals surface area contributed by atoms with Gasteiger partial charge in [-0.3, -0.25) is 4.79 Å². The van der Waals surface area contributed by atoms with E-state index < -0.39 is 0 Å². The Morgan fingerprint density at radius 1 is 1.07 bits per heavy atom. The van der Waals surface area contributed by atoms with E-state index in [2.05, 4.69) is 17.4 Å². The zero-order valence-corrected chi connectivity index (χ0v) is 16.2. The van der Waals surface area contributed by atoms with Crippen molar-refractivity contribution >= 4 is 5.91 Å². The molecule has 0 aromatic heterocycles. The number of aryl methyl sites for hydroxylation is 2. The third kappa shape index (κ3) is 5.55. The molecule has 0 spiro atoms. The molecular weight excluding hydrogens is 340 g/mol. The molecule has 0 aliphatic carbocycles. The van der Waals surface area contributed by atoms with E-state index in [1.54, 1.807) is 0 Å². The molecule has 5 heteroatoms. The van der Waals surface area contributed by atoms with E-state index in [1.807, 2.05) is 50.2 Å². The highest BCUT2D eigenvalue weighted by Crippen LogP contribution is 2.22. The fourth-order valence-electron chi connectivity index (χ4n) is 3.49. The number of hydrogen-bond donors (Lipinski definition) is 2. The van der Waals surface area contributed by atoms with Gasteiger partial charge < -0.3 is 19.7 Å². The van der Waals surface area contributed by atoms with E-state index in [-0.39, 0.29) is 18.6 Å². The van der Waals surface area contributed by atoms with E-state index in [4.69, 9.17) is 9.47 Å². The number of para-hydroxylation sites is 1. The summed E-state index contributed by atoms with van der Waals surface area (Å²) in [5.74, 6) is 0.696. The van der Waals surface area contributed by atoms with Crippen LogP contribution in [0.3, 0.4) is 0 Å². The molecule has 27 heavy (non-hydrogen) atoms. The van der Waals surface area contributed by atoms with Gasteiger partial charge in [-0.05, 0) is 30.5 Å². The van der Waals surface area contributed by atoms with Gasteiger partial charge in [0.25, 0.3) is 5.91 Å². The Bertz CT molecular complexity index is 722. The van der Waals surface area contributed by atoms with Gasteiger partial charge in [-0.2, -0.15) is 0 Å². The van der Waals surface area contributed by atoms with Crippen molar-refractivity contribution in [2.75, 3.05) is 39.5 Å². The van der Waals surface area contributed by atoms with Crippen LogP contribution in [0.5, 0.6) is 5.75 Å². The maximum Gasteiger partial charge on any atom is 0.258 e. The predicted molar refractivity (Wildman–Crippen MR) is 105 cm³/mol. The van der Waals surface area contributed by atoms with Crippen molar-refractivity contribution in [3.8, 4) is 5.75 Å². The number of carbonyl (C=O) groups excluding carboxylic acids is 1. The molecule has 1 aliphatic heterocycles. The lowest BCUT2D eigenvalue weighted by atomic mass is 10.1. The Morgan fingerprint density at radius 2 is 1.74 bits per heavy atom. The van der Waals surface area contributed by atoms with Crippen molar-refractivity contribution in [3.05, 3.63) is 65.2 Å². The van der Waals surface area contributed by atoms with E-state index >= 15 is 0 Å². The normalized spacial score (nSPS) is 15.9. The molecule has 1 heterocycles. The van der Waals surface area contributed by atoms with Gasteiger partial charge in [-0.1, -0.05) is 48.5 Å². The Balaban J connectivity index is 1.63. The molecule has 3 rings (SSSR count). The maximum atomic E-state index is 12.6. The molecule has 1 amide bonds. The standard InChI is InChI=1S/C22H28N2O3/c1-17-7-6-8-18(2)22(17)27-16-21(25)23-20(19-9-4-3-5-10-19)15-24-11-13-26-14-12-24/h3-10,20H,11-16H2,1-2H3,(H,23,25)/p+1/t20-/m1/s1. The van der Waals surface area contributed by atoms with Crippen molar-refractivity contribution in [1.82, 2.24) is 5.32 Å². The largest absolute Gasteiger partial charge is 0.483 e. The van der Waals surface area contributed by atoms with E-state index in [0.717, 1.165) is 55.3 Å². The first-order valence-corrected chi connectivity index (χ1v) is 9.58. The second-order valence-electron chi connectivity index (χ2n) is 7.11. The summed E-state index contributed by atoms with van der Waals surface area (Å²) in [4.78, 5) is 14.0. The second kappa shape index (κ2) is 9.53. The number of carbonyl (C=O) groups is 1. The first kappa shape index (κ1) is 19.4. The van der Waals surface area contributed by atoms with E-state index in [9.17, 15) is 4.79 Å². The average molecular weight is 369 g/mol. The third-order valence-electron chi connectivity index (χ3n) is 4.99. The van der Waals surface area contributed by atoms with Gasteiger partial charge >= 0.3 is 0 Å². The summed E-state index contributed by atoms with van der Waals surface area (Å²) in [5, 5.41) is 3.16. The van der Waals surface area contributed by atoms with Gasteiger partial charge in [0.2, 0.25) is 0 Å². The number of rotatable bonds is 7. The van der Waals surface area contributed by atoms with Crippen LogP contribution in [0.25, 0.3) is 0 Å². The van der Waals surface area contributed by atoms with Crippen LogP contribution < -0.4 is 15.0 Å². The van der Waals surface area contributed by atoms with Crippen LogP contribution >= 0.6 is 0 Å². The average Bonchev–Trinajstić information content (AvgIpc) is 2.68. The number of amides is 1. The highest BCUT2D eigenvalue weighted by molar-refractivity contribution is 5.78. The molecule has 144 valence electrons. The summed E-state index contributed by atoms with van der Waals surface area (Å²) in [6.45, 7) is 8.36. The van der Waals surface area contributed by atoms with Gasteiger partial charge in [-0.15, -0.1) is 0 Å². The second-order valence-corrected chi connectivity index (χ2v) is 7.11. The number of quaternary nitrogens is 1. The summed E-state index contributed by atoms with van der Waals surface area (Å²) in [7, 11) is 0. The first-order chi connectivity index (χ1) is 13.1. The van der Waals surface area contributed by atoms with Crippen molar-refractivity contribution in [2.45, 2.75) is 19.9 Å². The van der Waals surface area contributed by atoms with Crippen molar-refractivity contribution in [3.63, 3.8) is 0 Å². The van der Waals surface area contributed by atoms with Crippen LogP contribution in [0.1, 0.15) is 22.7 Å². The highest BCUT2D eigenvalue weighted by Gasteiger charge is 2.23. The number of hydrogen-bond acceptors (Lipinski definition) is 3. The Kier molecular flexibility index (Phi) is 6.85. The van der Waals surface area contributed by atoms with Crippen molar-refractivity contribution in [1.29, 1.82) is 0 Å². The predicted octanol–water partition coefficient (Wildman–Crippen LogP) is 1.45. The molecule has 2 N–H and O–H groups in total. The zero-order valence-electron chi connectivity index (χ0n) is 16.2. The van der Waals surface area contributed by atoms with Crippen LogP contribution in [0, 0.1) is 13.8 Å². The molecule has 1 fully saturated rings. The van der Waals surface area contributed by atoms with Crippen molar-refractivity contribution < 1.29 is 19.2 Å². The number of benzene rings is 2. The van der Waals surface area contributed by atoms with Gasteiger partial charge in [0.1, 0.15) is 31.4 Å². The topological polar surface area (TPSA) is 52.0 Å². The van der Waals surface area contributed by atoms with Crippen LogP contribution in [-0.2, 0) is 9.53 Å². The number of ether oxygens (including phenoxy) is 2. The molecule has 1 saturated heterocycles. The third-order valence-corrected chi connectivity index (χ3v) is 4.99. The molecule has 1 atom stereocenters. The molecule has 0 unspecified atom stereocenters. The fourth-order valence-corrected chi connectivity index (χ4v) is 3.49. The monoisotopic (exact) mass is 369 g/mol. The van der Waals surface area contributed by atoms with E-state index in [0.29, 0.717) is 0 Å². The molecule has 1 aliphatic rings. The zero-order chi connectivity index (χ0) is 19.1. The minimum Gasteiger partial charge on any atom is -0.483 e. The minimum absolute atomic E-state index is 0.0213. The smallest absolute Gasteiger partial charge is 0.258 e. The minimum atomic E-state index is -0.0980. The molecule has 0 radical (unpaired) electrons. The van der Waals surface area contributed by atoms with Crippen LogP contribution in [-0.4, -0.2) is 45.4 Å². The summed E-state index contributed by atoms with van der Waals surface area (Å²) >= 11 is 0. The van der Waals surface area contributed by atoms with Gasteiger partial charge in [-0.25, -0.2) is 0 Å². The Hall–Kier alpha value is -2.37. The molecular formula is C22H29N2O3+. The van der Waals surface area contributed by atoms with Gasteiger partial charge in [0.05, 0.1) is 13.2 Å². The van der Waals surface area contributed by atoms with Crippen LogP contribution in [0.4, 0.5) is 0 Å². The Morgan fingerprint density at radius 3 is 2.41 bits per heavy atom. The molecule has 2 aromatic rings. The first-order valence-electron chi connectivity index (χ1n) is 9.58. The van der Waals surface area contributed by atoms with Crippen molar-refractivity contribution in [2.24, 2.45) is 0 Å². The highest BCUT2D eigenvalue weighted by atomic mass is 16.5. The lowest BCUT2D eigenvalue weighted by molar-refractivity contribution is -0.909. The Labute approximate surface area is 161 Å². The lowest BCUT2D eigenvalue weighted by Crippen LogP contribution is -3.14. The lowest BCUT2D eigenvalue weighted by Gasteiger charge is -2.28. The molecule has 5 nitrogen and oxygen atoms in total. The molecule has 2 aromatic carbocycles. The van der Waals surface area contributed by atoms with Crippen LogP contribution in [0.15, 0.2) is 48.5 Å². The number of morpholine rings is 1. The van der Waals surface area contributed by atoms with Crippen LogP contribution in [0.2, 0.25) is 0 Å². The molecule has 0 saturated carbocycles. The number of nitrogens with one attached hydrogen (secondary N) is 2. The van der Waals surface area contributed by atoms with Gasteiger partial charge in [0.15, 0.2) is 6.61 Å². The van der Waals surface area contributed by atoms with E-state index in [1.165, 1.54) is 4.90 Å². The summed E-state index contributed by atoms with van der Waals surface area (Å²) in [6.07, 6.45) is 0. The summed E-state index contributed by atoms with van der Waals surface area (Å²) in [6, 6.07) is 16.1. The quantitative estimate of drug-likeness (QED) is 0.777. The SMILES string of the molecule is Cc1cccc(C)c1OCC(=O)N[C@H](C[NH+]1CCOCC1)c1ccccc1. The maximum absolute atomic E-state index is 12.6. The fraction of sp³-hybridized carbons (Fsp3) is 0.409. The summed E-state index contributed by atoms with van der Waals surface area (Å²) < 4.78 is 11.3. The molecule has 0 bridgehead atoms. The van der Waals surface area contributed by atoms with Gasteiger partial charge in [0, 0.05) is 0 Å². The summed E-state index contributed by atoms with van der Waals surface area (Å²) in [5.41, 5.74) is 3.21.